The van der Waals surface area contributed by atoms with Crippen molar-refractivity contribution in [1.29, 1.82) is 0 Å². The van der Waals surface area contributed by atoms with Gasteiger partial charge in [0, 0.05) is 36.7 Å². The molecule has 0 aliphatic carbocycles. The van der Waals surface area contributed by atoms with Crippen molar-refractivity contribution in [3.63, 3.8) is 0 Å². The number of para-hydroxylation sites is 1. The van der Waals surface area contributed by atoms with Gasteiger partial charge in [0.05, 0.1) is 12.8 Å². The molecule has 0 atom stereocenters. The number of nitrogens with zero attached hydrogens (tertiary/aromatic N) is 2. The number of H-pyrrole nitrogens is 1. The molecule has 7 heteroatoms. The molecule has 6 nitrogen and oxygen atoms in total. The van der Waals surface area contributed by atoms with Crippen LogP contribution in [0.1, 0.15) is 25.3 Å². The first kappa shape index (κ1) is 18.9. The van der Waals surface area contributed by atoms with Crippen LogP contribution < -0.4 is 0 Å². The van der Waals surface area contributed by atoms with Crippen LogP contribution in [0, 0.1) is 5.92 Å². The second-order valence-corrected chi connectivity index (χ2v) is 9.25. The number of aromatic nitrogens is 1. The molecule has 1 N–H and O–H groups in total. The van der Waals surface area contributed by atoms with E-state index < -0.39 is 10.0 Å². The van der Waals surface area contributed by atoms with Gasteiger partial charge in [-0.15, -0.1) is 0 Å². The van der Waals surface area contributed by atoms with E-state index in [1.54, 1.807) is 4.90 Å². The molecule has 1 aromatic carbocycles. The molecule has 1 amide bonds. The van der Waals surface area contributed by atoms with Crippen LogP contribution >= 0.6 is 0 Å². The van der Waals surface area contributed by atoms with Crippen LogP contribution in [-0.2, 0) is 21.2 Å². The number of piperidine rings is 1. The molecule has 3 rings (SSSR count). The maximum atomic E-state index is 12.5. The van der Waals surface area contributed by atoms with E-state index in [2.05, 4.69) is 11.9 Å². The van der Waals surface area contributed by atoms with Gasteiger partial charge in [-0.3, -0.25) is 4.79 Å². The molecular formula is C19H27N3O3S. The highest BCUT2D eigenvalue weighted by molar-refractivity contribution is 7.88. The van der Waals surface area contributed by atoms with Gasteiger partial charge in [-0.25, -0.2) is 8.42 Å². The lowest BCUT2D eigenvalue weighted by Crippen LogP contribution is -2.45. The van der Waals surface area contributed by atoms with Crippen LogP contribution in [0.4, 0.5) is 0 Å². The first-order valence-electron chi connectivity index (χ1n) is 9.12. The Balaban J connectivity index is 1.66. The molecule has 0 spiro atoms. The summed E-state index contributed by atoms with van der Waals surface area (Å²) >= 11 is 0. The quantitative estimate of drug-likeness (QED) is 0.839. The Labute approximate surface area is 155 Å². The predicted octanol–water partition coefficient (Wildman–Crippen LogP) is 2.23. The number of benzene rings is 1. The standard InChI is InChI=1S/C19H27N3O3S/c1-15-7-10-21(11-8-15)19(23)14-22(26(2,24)25)12-9-16-13-20-18-6-4-3-5-17(16)18/h3-6,13,15,20H,7-12,14H2,1-2H3. The van der Waals surface area contributed by atoms with Crippen molar-refractivity contribution in [3.05, 3.63) is 36.0 Å². The normalized spacial score (nSPS) is 16.5. The van der Waals surface area contributed by atoms with Crippen molar-refractivity contribution < 1.29 is 13.2 Å². The van der Waals surface area contributed by atoms with Crippen LogP contribution in [0.15, 0.2) is 30.5 Å². The summed E-state index contributed by atoms with van der Waals surface area (Å²) in [6.07, 6.45) is 5.63. The molecule has 1 aliphatic rings. The molecule has 1 aliphatic heterocycles. The van der Waals surface area contributed by atoms with Crippen LogP contribution in [0.2, 0.25) is 0 Å². The average Bonchev–Trinajstić information content (AvgIpc) is 3.01. The zero-order valence-corrected chi connectivity index (χ0v) is 16.3. The van der Waals surface area contributed by atoms with Crippen molar-refractivity contribution in [2.45, 2.75) is 26.2 Å². The molecule has 0 bridgehead atoms. The fourth-order valence-electron chi connectivity index (χ4n) is 3.45. The highest BCUT2D eigenvalue weighted by atomic mass is 32.2. The fourth-order valence-corrected chi connectivity index (χ4v) is 4.22. The van der Waals surface area contributed by atoms with Crippen molar-refractivity contribution in [2.75, 3.05) is 32.4 Å². The van der Waals surface area contributed by atoms with E-state index in [-0.39, 0.29) is 12.5 Å². The maximum Gasteiger partial charge on any atom is 0.237 e. The molecule has 26 heavy (non-hydrogen) atoms. The molecule has 0 saturated carbocycles. The van der Waals surface area contributed by atoms with E-state index in [0.29, 0.717) is 18.9 Å². The van der Waals surface area contributed by atoms with Gasteiger partial charge in [0.1, 0.15) is 0 Å². The van der Waals surface area contributed by atoms with Crippen LogP contribution in [0.5, 0.6) is 0 Å². The van der Waals surface area contributed by atoms with Crippen molar-refractivity contribution in [3.8, 4) is 0 Å². The molecular weight excluding hydrogens is 350 g/mol. The molecule has 2 aromatic rings. The van der Waals surface area contributed by atoms with Crippen molar-refractivity contribution in [1.82, 2.24) is 14.2 Å². The Hall–Kier alpha value is -1.86. The molecule has 2 heterocycles. The van der Waals surface area contributed by atoms with Gasteiger partial charge in [-0.2, -0.15) is 4.31 Å². The molecule has 142 valence electrons. The number of amides is 1. The van der Waals surface area contributed by atoms with Gasteiger partial charge in [-0.05, 0) is 36.8 Å². The Kier molecular flexibility index (Phi) is 5.67. The number of hydrogen-bond acceptors (Lipinski definition) is 3. The zero-order chi connectivity index (χ0) is 18.7. The summed E-state index contributed by atoms with van der Waals surface area (Å²) in [6, 6.07) is 7.94. The van der Waals surface area contributed by atoms with Gasteiger partial charge in [0.2, 0.25) is 15.9 Å². The van der Waals surface area contributed by atoms with Gasteiger partial charge >= 0.3 is 0 Å². The summed E-state index contributed by atoms with van der Waals surface area (Å²) in [5.74, 6) is 0.535. The van der Waals surface area contributed by atoms with Crippen LogP contribution in [-0.4, -0.2) is 60.9 Å². The lowest BCUT2D eigenvalue weighted by atomic mass is 9.99. The SMILES string of the molecule is CC1CCN(C(=O)CN(CCc2c[nH]c3ccccc23)S(C)(=O)=O)CC1. The zero-order valence-electron chi connectivity index (χ0n) is 15.4. The van der Waals surface area contributed by atoms with Gasteiger partial charge in [0.15, 0.2) is 0 Å². The van der Waals surface area contributed by atoms with E-state index in [9.17, 15) is 13.2 Å². The van der Waals surface area contributed by atoms with Crippen LogP contribution in [0.25, 0.3) is 10.9 Å². The minimum atomic E-state index is -3.44. The van der Waals surface area contributed by atoms with Crippen LogP contribution in [0.3, 0.4) is 0 Å². The van der Waals surface area contributed by atoms with Gasteiger partial charge < -0.3 is 9.88 Å². The smallest absolute Gasteiger partial charge is 0.237 e. The minimum absolute atomic E-state index is 0.0738. The topological polar surface area (TPSA) is 73.5 Å². The Morgan fingerprint density at radius 1 is 1.27 bits per heavy atom. The highest BCUT2D eigenvalue weighted by Crippen LogP contribution is 2.19. The largest absolute Gasteiger partial charge is 0.361 e. The molecule has 1 fully saturated rings. The molecule has 0 radical (unpaired) electrons. The van der Waals surface area contributed by atoms with E-state index >= 15 is 0 Å². The first-order valence-corrected chi connectivity index (χ1v) is 11.0. The Morgan fingerprint density at radius 2 is 1.96 bits per heavy atom. The lowest BCUT2D eigenvalue weighted by Gasteiger charge is -2.32. The number of carbonyl (C=O) groups is 1. The monoisotopic (exact) mass is 377 g/mol. The number of sulfonamides is 1. The summed E-state index contributed by atoms with van der Waals surface area (Å²) in [6.45, 7) is 3.86. The summed E-state index contributed by atoms with van der Waals surface area (Å²) in [5, 5.41) is 1.09. The Bertz CT molecular complexity index is 867. The van der Waals surface area contributed by atoms with Gasteiger partial charge in [0.25, 0.3) is 0 Å². The van der Waals surface area contributed by atoms with E-state index in [1.165, 1.54) is 10.6 Å². The molecule has 1 saturated heterocycles. The summed E-state index contributed by atoms with van der Waals surface area (Å²) in [4.78, 5) is 17.5. The van der Waals surface area contributed by atoms with Crippen molar-refractivity contribution in [2.24, 2.45) is 5.92 Å². The lowest BCUT2D eigenvalue weighted by molar-refractivity contribution is -0.132. The third kappa shape index (κ3) is 4.45. The van der Waals surface area contributed by atoms with E-state index in [0.717, 1.165) is 42.4 Å². The second kappa shape index (κ2) is 7.80. The highest BCUT2D eigenvalue weighted by Gasteiger charge is 2.25. The third-order valence-electron chi connectivity index (χ3n) is 5.22. The predicted molar refractivity (Wildman–Crippen MR) is 103 cm³/mol. The average molecular weight is 378 g/mol. The number of likely N-dealkylation sites (tertiary alicyclic amines) is 1. The molecule has 0 unspecified atom stereocenters. The van der Waals surface area contributed by atoms with Gasteiger partial charge in [-0.1, -0.05) is 25.1 Å². The number of fused-ring (bicyclic) bond motifs is 1. The van der Waals surface area contributed by atoms with E-state index in [4.69, 9.17) is 0 Å². The Morgan fingerprint density at radius 3 is 2.65 bits per heavy atom. The number of hydrogen-bond donors (Lipinski definition) is 1. The second-order valence-electron chi connectivity index (χ2n) is 7.27. The minimum Gasteiger partial charge on any atom is -0.361 e. The van der Waals surface area contributed by atoms with Crippen molar-refractivity contribution >= 4 is 26.8 Å². The van der Waals surface area contributed by atoms with E-state index in [1.807, 2.05) is 30.5 Å². The number of aromatic amines is 1. The first-order chi connectivity index (χ1) is 12.3. The summed E-state index contributed by atoms with van der Waals surface area (Å²) in [5.41, 5.74) is 2.10. The molecule has 1 aromatic heterocycles. The third-order valence-corrected chi connectivity index (χ3v) is 6.47. The summed E-state index contributed by atoms with van der Waals surface area (Å²) in [7, 11) is -3.44. The fraction of sp³-hybridized carbons (Fsp3) is 0.526. The number of carbonyl (C=O) groups excluding carboxylic acids is 1. The summed E-state index contributed by atoms with van der Waals surface area (Å²) < 4.78 is 25.6. The number of nitrogens with one attached hydrogen (secondary N) is 1. The number of rotatable bonds is 6. The maximum absolute atomic E-state index is 12.5.